The molecule has 1 rings (SSSR count). The Bertz CT molecular complexity index is 143. The molecule has 2 nitrogen and oxygen atoms in total. The van der Waals surface area contributed by atoms with E-state index in [0.29, 0.717) is 6.10 Å². The molecular weight excluding hydrogens is 194 g/mol. The monoisotopic (exact) mass is 217 g/mol. The molecule has 3 heteroatoms. The molecule has 0 radical (unpaired) electrons. The second-order valence-corrected chi connectivity index (χ2v) is 4.43. The predicted octanol–water partition coefficient (Wildman–Crippen LogP) is 2.20. The number of ether oxygens (including phenoxy) is 1. The zero-order valence-corrected chi connectivity index (χ0v) is 10.1. The third-order valence-corrected chi connectivity index (χ3v) is 3.13. The Morgan fingerprint density at radius 1 is 1.36 bits per heavy atom. The molecule has 14 heavy (non-hydrogen) atoms. The van der Waals surface area contributed by atoms with Crippen LogP contribution in [0, 0.1) is 0 Å². The maximum absolute atomic E-state index is 5.63. The van der Waals surface area contributed by atoms with E-state index in [9.17, 15) is 0 Å². The minimum Gasteiger partial charge on any atom is -0.376 e. The van der Waals surface area contributed by atoms with Crippen LogP contribution in [-0.2, 0) is 4.74 Å². The molecule has 0 amide bonds. The third-order valence-electron chi connectivity index (χ3n) is 2.81. The molecule has 1 fully saturated rings. The Hall–Kier alpha value is 0.270. The Labute approximate surface area is 93.4 Å². The molecule has 0 aromatic carbocycles. The summed E-state index contributed by atoms with van der Waals surface area (Å²) in [4.78, 5) is 2.54. The molecule has 0 aromatic rings. The molecule has 1 heterocycles. The van der Waals surface area contributed by atoms with Crippen molar-refractivity contribution in [2.45, 2.75) is 38.7 Å². The van der Waals surface area contributed by atoms with E-state index in [1.807, 2.05) is 0 Å². The summed E-state index contributed by atoms with van der Waals surface area (Å²) in [7, 11) is 0. The first-order chi connectivity index (χ1) is 6.86. The van der Waals surface area contributed by atoms with Crippen molar-refractivity contribution in [3.05, 3.63) is 0 Å². The third kappa shape index (κ3) is 4.67. The van der Waals surface area contributed by atoms with Crippen molar-refractivity contribution in [1.29, 1.82) is 0 Å². The largest absolute Gasteiger partial charge is 0.376 e. The van der Waals surface area contributed by atoms with E-state index in [-0.39, 0.29) is 0 Å². The molecular formula is C11H23NOS. The van der Waals surface area contributed by atoms with Crippen LogP contribution in [0.5, 0.6) is 0 Å². The summed E-state index contributed by atoms with van der Waals surface area (Å²) in [6.07, 6.45) is 5.51. The van der Waals surface area contributed by atoms with Gasteiger partial charge in [0.1, 0.15) is 0 Å². The summed E-state index contributed by atoms with van der Waals surface area (Å²) in [6, 6.07) is 0. The second-order valence-electron chi connectivity index (χ2n) is 3.99. The number of unbranched alkanes of at least 4 members (excludes halogenated alkanes) is 2. The van der Waals surface area contributed by atoms with Crippen LogP contribution in [0.25, 0.3) is 0 Å². The fourth-order valence-electron chi connectivity index (χ4n) is 1.85. The molecule has 0 aliphatic carbocycles. The SMILES string of the molecule is CCC1CN(CCCCCS)CCO1. The van der Waals surface area contributed by atoms with Gasteiger partial charge in [0.2, 0.25) is 0 Å². The Balaban J connectivity index is 2.05. The lowest BCUT2D eigenvalue weighted by Gasteiger charge is -2.32. The molecule has 84 valence electrons. The van der Waals surface area contributed by atoms with Gasteiger partial charge in [0, 0.05) is 13.1 Å². The molecule has 0 N–H and O–H groups in total. The summed E-state index contributed by atoms with van der Waals surface area (Å²) in [5.41, 5.74) is 0. The van der Waals surface area contributed by atoms with Gasteiger partial charge in [0.05, 0.1) is 12.7 Å². The standard InChI is InChI=1S/C11H23NOS/c1-2-11-10-12(7-8-13-11)6-4-3-5-9-14/h11,14H,2-10H2,1H3. The van der Waals surface area contributed by atoms with Crippen LogP contribution in [-0.4, -0.2) is 43.0 Å². The van der Waals surface area contributed by atoms with Gasteiger partial charge in [0.25, 0.3) is 0 Å². The molecule has 0 bridgehead atoms. The van der Waals surface area contributed by atoms with Gasteiger partial charge in [-0.3, -0.25) is 4.90 Å². The van der Waals surface area contributed by atoms with Crippen LogP contribution in [0.1, 0.15) is 32.6 Å². The normalized spacial score (nSPS) is 24.0. The van der Waals surface area contributed by atoms with Crippen molar-refractivity contribution in [2.75, 3.05) is 32.0 Å². The highest BCUT2D eigenvalue weighted by Crippen LogP contribution is 2.09. The van der Waals surface area contributed by atoms with Crippen LogP contribution in [0.15, 0.2) is 0 Å². The van der Waals surface area contributed by atoms with E-state index in [1.54, 1.807) is 0 Å². The number of morpholine rings is 1. The van der Waals surface area contributed by atoms with Crippen LogP contribution >= 0.6 is 12.6 Å². The van der Waals surface area contributed by atoms with Gasteiger partial charge in [-0.15, -0.1) is 0 Å². The lowest BCUT2D eigenvalue weighted by atomic mass is 10.2. The second kappa shape index (κ2) is 7.55. The first-order valence-electron chi connectivity index (χ1n) is 5.81. The number of hydrogen-bond donors (Lipinski definition) is 1. The maximum Gasteiger partial charge on any atom is 0.0700 e. The molecule has 1 saturated heterocycles. The van der Waals surface area contributed by atoms with Crippen molar-refractivity contribution in [3.8, 4) is 0 Å². The van der Waals surface area contributed by atoms with E-state index in [0.717, 1.165) is 31.9 Å². The van der Waals surface area contributed by atoms with E-state index < -0.39 is 0 Å². The molecule has 0 saturated carbocycles. The molecule has 1 aliphatic rings. The average molecular weight is 217 g/mol. The predicted molar refractivity (Wildman–Crippen MR) is 64.2 cm³/mol. The minimum atomic E-state index is 0.480. The van der Waals surface area contributed by atoms with Gasteiger partial charge in [-0.2, -0.15) is 12.6 Å². The Morgan fingerprint density at radius 3 is 2.93 bits per heavy atom. The van der Waals surface area contributed by atoms with Gasteiger partial charge in [-0.25, -0.2) is 0 Å². The first-order valence-corrected chi connectivity index (χ1v) is 6.45. The molecule has 1 aliphatic heterocycles. The average Bonchev–Trinajstić information content (AvgIpc) is 2.25. The smallest absolute Gasteiger partial charge is 0.0700 e. The first kappa shape index (κ1) is 12.3. The maximum atomic E-state index is 5.63. The summed E-state index contributed by atoms with van der Waals surface area (Å²) in [5, 5.41) is 0. The van der Waals surface area contributed by atoms with Gasteiger partial charge < -0.3 is 4.74 Å². The van der Waals surface area contributed by atoms with Crippen molar-refractivity contribution in [3.63, 3.8) is 0 Å². The van der Waals surface area contributed by atoms with Crippen molar-refractivity contribution >= 4 is 12.6 Å². The van der Waals surface area contributed by atoms with Crippen LogP contribution < -0.4 is 0 Å². The lowest BCUT2D eigenvalue weighted by Crippen LogP contribution is -2.42. The zero-order valence-electron chi connectivity index (χ0n) is 9.24. The van der Waals surface area contributed by atoms with Gasteiger partial charge >= 0.3 is 0 Å². The fraction of sp³-hybridized carbons (Fsp3) is 1.00. The van der Waals surface area contributed by atoms with Crippen LogP contribution in [0.4, 0.5) is 0 Å². The summed E-state index contributed by atoms with van der Waals surface area (Å²) >= 11 is 4.22. The lowest BCUT2D eigenvalue weighted by molar-refractivity contribution is -0.0299. The number of hydrogen-bond acceptors (Lipinski definition) is 3. The van der Waals surface area contributed by atoms with Crippen LogP contribution in [0.3, 0.4) is 0 Å². The number of nitrogens with zero attached hydrogens (tertiary/aromatic N) is 1. The van der Waals surface area contributed by atoms with Crippen LogP contribution in [0.2, 0.25) is 0 Å². The topological polar surface area (TPSA) is 12.5 Å². The minimum absolute atomic E-state index is 0.480. The molecule has 0 aromatic heterocycles. The van der Waals surface area contributed by atoms with Gasteiger partial charge in [0.15, 0.2) is 0 Å². The highest BCUT2D eigenvalue weighted by atomic mass is 32.1. The van der Waals surface area contributed by atoms with E-state index in [2.05, 4.69) is 24.5 Å². The Kier molecular flexibility index (Phi) is 6.65. The molecule has 1 unspecified atom stereocenters. The number of rotatable bonds is 6. The quantitative estimate of drug-likeness (QED) is 0.541. The highest BCUT2D eigenvalue weighted by molar-refractivity contribution is 7.80. The van der Waals surface area contributed by atoms with E-state index >= 15 is 0 Å². The van der Waals surface area contributed by atoms with Crippen molar-refractivity contribution in [1.82, 2.24) is 4.90 Å². The van der Waals surface area contributed by atoms with Crippen molar-refractivity contribution < 1.29 is 4.74 Å². The van der Waals surface area contributed by atoms with Gasteiger partial charge in [-0.1, -0.05) is 13.3 Å². The fourth-order valence-corrected chi connectivity index (χ4v) is 2.08. The molecule has 1 atom stereocenters. The highest BCUT2D eigenvalue weighted by Gasteiger charge is 2.17. The Morgan fingerprint density at radius 2 is 2.21 bits per heavy atom. The summed E-state index contributed by atoms with van der Waals surface area (Å²) in [5.74, 6) is 1.03. The molecule has 0 spiro atoms. The summed E-state index contributed by atoms with van der Waals surface area (Å²) in [6.45, 7) is 6.63. The summed E-state index contributed by atoms with van der Waals surface area (Å²) < 4.78 is 5.63. The van der Waals surface area contributed by atoms with E-state index in [1.165, 1.54) is 25.8 Å². The van der Waals surface area contributed by atoms with Gasteiger partial charge in [-0.05, 0) is 31.6 Å². The van der Waals surface area contributed by atoms with Crippen molar-refractivity contribution in [2.24, 2.45) is 0 Å². The number of thiol groups is 1. The van der Waals surface area contributed by atoms with E-state index in [4.69, 9.17) is 4.74 Å². The zero-order chi connectivity index (χ0) is 10.2.